The molecule has 1 aromatic heterocycles. The van der Waals surface area contributed by atoms with Crippen LogP contribution in [0.5, 0.6) is 0 Å². The van der Waals surface area contributed by atoms with Gasteiger partial charge in [-0.25, -0.2) is 0 Å². The maximum Gasteiger partial charge on any atom is 0.0808 e. The molecular weight excluding hydrogens is 335 g/mol. The summed E-state index contributed by atoms with van der Waals surface area (Å²) in [6.07, 6.45) is 0. The molecule has 2 rings (SSSR count). The van der Waals surface area contributed by atoms with Crippen molar-refractivity contribution in [2.24, 2.45) is 0 Å². The van der Waals surface area contributed by atoms with Gasteiger partial charge in [-0.05, 0) is 44.6 Å². The zero-order valence-corrected chi connectivity index (χ0v) is 10.0. The summed E-state index contributed by atoms with van der Waals surface area (Å²) in [5.41, 5.74) is 0. The van der Waals surface area contributed by atoms with Crippen molar-refractivity contribution in [3.63, 3.8) is 0 Å². The minimum Gasteiger partial charge on any atom is -0.128 e. The highest BCUT2D eigenvalue weighted by molar-refractivity contribution is 14.1. The summed E-state index contributed by atoms with van der Waals surface area (Å²) >= 11 is 7.72. The quantitative estimate of drug-likeness (QED) is 0.629. The molecule has 0 unspecified atom stereocenters. The van der Waals surface area contributed by atoms with Gasteiger partial charge in [0.2, 0.25) is 0 Å². The molecule has 0 saturated carbocycles. The van der Waals surface area contributed by atoms with Crippen LogP contribution in [0.1, 0.15) is 0 Å². The molecule has 0 amide bonds. The van der Waals surface area contributed by atoms with Crippen molar-refractivity contribution in [3.8, 4) is 0 Å². The van der Waals surface area contributed by atoms with E-state index in [1.807, 2.05) is 11.3 Å². The molecule has 0 atom stereocenters. The number of hydrogen-bond acceptors (Lipinski definition) is 1. The summed E-state index contributed by atoms with van der Waals surface area (Å²) in [4.78, 5) is 0. The minimum absolute atomic E-state index is 1.23. The molecule has 0 aliphatic heterocycles. The van der Waals surface area contributed by atoms with Gasteiger partial charge in [0.25, 0.3) is 0 Å². The van der Waals surface area contributed by atoms with Crippen molar-refractivity contribution in [3.05, 3.63) is 31.6 Å². The fourth-order valence-corrected chi connectivity index (χ4v) is 3.53. The van der Waals surface area contributed by atoms with Gasteiger partial charge in [0.1, 0.15) is 0 Å². The van der Waals surface area contributed by atoms with Crippen LogP contribution >= 0.6 is 49.9 Å². The summed E-state index contributed by atoms with van der Waals surface area (Å²) in [6.45, 7) is 0. The number of fused-ring (bicyclic) bond motifs is 1. The lowest BCUT2D eigenvalue weighted by molar-refractivity contribution is 1.82. The Morgan fingerprint density at radius 3 is 2.73 bits per heavy atom. The zero-order chi connectivity index (χ0) is 7.84. The Morgan fingerprint density at radius 2 is 2.00 bits per heavy atom. The molecule has 1 aromatic carbocycles. The average Bonchev–Trinajstić information content (AvgIpc) is 2.30. The largest absolute Gasteiger partial charge is 0.128 e. The van der Waals surface area contributed by atoms with Crippen molar-refractivity contribution >= 4 is 59.9 Å². The van der Waals surface area contributed by atoms with Crippen molar-refractivity contribution in [2.45, 2.75) is 0 Å². The van der Waals surface area contributed by atoms with Crippen LogP contribution in [0.3, 0.4) is 0 Å². The lowest BCUT2D eigenvalue weighted by atomic mass is 10.3. The van der Waals surface area contributed by atoms with E-state index >= 15 is 0 Å². The van der Waals surface area contributed by atoms with Crippen LogP contribution in [0.4, 0.5) is 0 Å². The molecule has 0 spiro atoms. The molecule has 11 heavy (non-hydrogen) atoms. The Bertz CT molecular complexity index is 394. The van der Waals surface area contributed by atoms with Gasteiger partial charge >= 0.3 is 0 Å². The average molecular weight is 339 g/mol. The molecule has 2 aromatic rings. The van der Waals surface area contributed by atoms with Crippen molar-refractivity contribution in [2.75, 3.05) is 0 Å². The maximum absolute atomic E-state index is 3.55. The van der Waals surface area contributed by atoms with Crippen LogP contribution in [-0.4, -0.2) is 0 Å². The molecule has 1 heterocycles. The predicted molar refractivity (Wildman–Crippen MR) is 62.2 cm³/mol. The Morgan fingerprint density at radius 1 is 1.27 bits per heavy atom. The second-order valence-electron chi connectivity index (χ2n) is 2.19. The first-order valence-electron chi connectivity index (χ1n) is 3.11. The van der Waals surface area contributed by atoms with Crippen molar-refractivity contribution in [1.29, 1.82) is 0 Å². The van der Waals surface area contributed by atoms with E-state index in [9.17, 15) is 0 Å². The van der Waals surface area contributed by atoms with E-state index in [1.165, 1.54) is 17.4 Å². The number of thiophene rings is 1. The highest BCUT2D eigenvalue weighted by atomic mass is 127. The van der Waals surface area contributed by atoms with E-state index < -0.39 is 0 Å². The van der Waals surface area contributed by atoms with E-state index in [1.54, 1.807) is 0 Å². The van der Waals surface area contributed by atoms with Crippen molar-refractivity contribution < 1.29 is 0 Å². The molecule has 0 aliphatic rings. The smallest absolute Gasteiger partial charge is 0.0808 e. The summed E-state index contributed by atoms with van der Waals surface area (Å²) in [7, 11) is 0. The highest BCUT2D eigenvalue weighted by Gasteiger charge is 2.04. The summed E-state index contributed by atoms with van der Waals surface area (Å²) in [6, 6.07) is 8.42. The van der Waals surface area contributed by atoms with Gasteiger partial charge in [0, 0.05) is 14.6 Å². The predicted octanol–water partition coefficient (Wildman–Crippen LogP) is 4.27. The normalized spacial score (nSPS) is 10.7. The molecule has 0 fully saturated rings. The van der Waals surface area contributed by atoms with Gasteiger partial charge in [-0.15, -0.1) is 11.3 Å². The summed E-state index contributed by atoms with van der Waals surface area (Å²) in [5, 5.41) is 1.32. The number of halogens is 2. The Hall–Kier alpha value is 0.390. The van der Waals surface area contributed by atoms with E-state index in [2.05, 4.69) is 62.8 Å². The van der Waals surface area contributed by atoms with Crippen LogP contribution in [0.25, 0.3) is 10.1 Å². The third kappa shape index (κ3) is 1.34. The van der Waals surface area contributed by atoms with Crippen LogP contribution in [0.15, 0.2) is 28.7 Å². The molecule has 0 bridgehead atoms. The van der Waals surface area contributed by atoms with E-state index in [4.69, 9.17) is 0 Å². The van der Waals surface area contributed by atoms with Crippen LogP contribution in [-0.2, 0) is 0 Å². The fraction of sp³-hybridized carbons (Fsp3) is 0. The number of hydrogen-bond donors (Lipinski definition) is 0. The van der Waals surface area contributed by atoms with Crippen molar-refractivity contribution in [1.82, 2.24) is 0 Å². The first-order chi connectivity index (χ1) is 5.29. The Kier molecular flexibility index (Phi) is 2.21. The third-order valence-corrected chi connectivity index (χ3v) is 5.48. The molecule has 0 nitrogen and oxygen atoms in total. The summed E-state index contributed by atoms with van der Waals surface area (Å²) < 4.78 is 3.91. The lowest BCUT2D eigenvalue weighted by Gasteiger charge is -1.86. The van der Waals surface area contributed by atoms with Gasteiger partial charge in [-0.1, -0.05) is 18.2 Å². The first-order valence-corrected chi connectivity index (χ1v) is 5.80. The molecule has 3 heteroatoms. The van der Waals surface area contributed by atoms with Gasteiger partial charge in [-0.3, -0.25) is 0 Å². The van der Waals surface area contributed by atoms with Gasteiger partial charge < -0.3 is 0 Å². The van der Waals surface area contributed by atoms with Gasteiger partial charge in [-0.2, -0.15) is 0 Å². The third-order valence-electron chi connectivity index (χ3n) is 1.50. The highest BCUT2D eigenvalue weighted by Crippen LogP contribution is 2.35. The van der Waals surface area contributed by atoms with Crippen LogP contribution in [0, 0.1) is 2.88 Å². The van der Waals surface area contributed by atoms with Crippen LogP contribution in [0.2, 0.25) is 0 Å². The lowest BCUT2D eigenvalue weighted by Crippen LogP contribution is -1.61. The van der Waals surface area contributed by atoms with Crippen LogP contribution < -0.4 is 0 Å². The molecular formula is C8H4BrIS. The van der Waals surface area contributed by atoms with E-state index in [-0.39, 0.29) is 0 Å². The van der Waals surface area contributed by atoms with Gasteiger partial charge in [0.05, 0.1) is 2.88 Å². The zero-order valence-electron chi connectivity index (χ0n) is 5.47. The van der Waals surface area contributed by atoms with E-state index in [0.717, 1.165) is 0 Å². The topological polar surface area (TPSA) is 0 Å². The Balaban J connectivity index is 2.92. The standard InChI is InChI=1S/C8H4BrIS/c9-7-5-3-1-2-4-6(5)11-8(7)10/h1-4H. The maximum atomic E-state index is 3.55. The van der Waals surface area contributed by atoms with Gasteiger partial charge in [0.15, 0.2) is 0 Å². The second kappa shape index (κ2) is 3.03. The van der Waals surface area contributed by atoms with E-state index in [0.29, 0.717) is 0 Å². The number of benzene rings is 1. The molecule has 0 N–H and O–H groups in total. The minimum atomic E-state index is 1.23. The Labute approximate surface area is 90.9 Å². The second-order valence-corrected chi connectivity index (χ2v) is 5.84. The number of rotatable bonds is 0. The molecule has 0 saturated heterocycles. The molecule has 0 aliphatic carbocycles. The fourth-order valence-electron chi connectivity index (χ4n) is 0.984. The first kappa shape index (κ1) is 8.01. The summed E-state index contributed by atoms with van der Waals surface area (Å²) in [5.74, 6) is 0. The molecule has 0 radical (unpaired) electrons. The monoisotopic (exact) mass is 338 g/mol. The molecule has 56 valence electrons. The SMILES string of the molecule is Brc1c(I)sc2ccccc12.